The molecule has 0 aromatic heterocycles. The van der Waals surface area contributed by atoms with E-state index in [2.05, 4.69) is 4.99 Å². The summed E-state index contributed by atoms with van der Waals surface area (Å²) < 4.78 is 10.7. The second kappa shape index (κ2) is 9.07. The molecule has 0 radical (unpaired) electrons. The molecule has 1 aliphatic rings. The fraction of sp³-hybridized carbons (Fsp3) is 0.375. The quantitative estimate of drug-likeness (QED) is 0.373. The molecule has 0 spiro atoms. The fourth-order valence-corrected chi connectivity index (χ4v) is 2.63. The van der Waals surface area contributed by atoms with Crippen molar-refractivity contribution in [2.24, 2.45) is 16.5 Å². The number of amides is 1. The Bertz CT molecular complexity index is 657. The highest BCUT2D eigenvalue weighted by Crippen LogP contribution is 2.38. The van der Waals surface area contributed by atoms with Gasteiger partial charge in [-0.2, -0.15) is 0 Å². The summed E-state index contributed by atoms with van der Waals surface area (Å²) in [6, 6.07) is 3.79. The van der Waals surface area contributed by atoms with Crippen molar-refractivity contribution in [2.75, 3.05) is 20.9 Å². The van der Waals surface area contributed by atoms with E-state index in [9.17, 15) is 4.79 Å². The first kappa shape index (κ1) is 19.7. The summed E-state index contributed by atoms with van der Waals surface area (Å²) >= 11 is 1.39. The number of aryl methyl sites for hydroxylation is 1. The molecule has 1 amide bonds. The van der Waals surface area contributed by atoms with Crippen LogP contribution >= 0.6 is 11.8 Å². The number of hydrogen-bond acceptors (Lipinski definition) is 6. The van der Waals surface area contributed by atoms with Crippen LogP contribution in [0.3, 0.4) is 0 Å². The summed E-state index contributed by atoms with van der Waals surface area (Å²) in [5, 5.41) is 0.581. The summed E-state index contributed by atoms with van der Waals surface area (Å²) in [7, 11) is 3.65. The van der Waals surface area contributed by atoms with E-state index in [1.807, 2.05) is 47.0 Å². The van der Waals surface area contributed by atoms with E-state index < -0.39 is 5.91 Å². The molecule has 7 nitrogen and oxygen atoms in total. The van der Waals surface area contributed by atoms with Crippen molar-refractivity contribution in [3.05, 3.63) is 29.6 Å². The summed E-state index contributed by atoms with van der Waals surface area (Å²) in [4.78, 5) is 18.2. The van der Waals surface area contributed by atoms with Gasteiger partial charge in [0.05, 0.1) is 0 Å². The van der Waals surface area contributed by atoms with Crippen LogP contribution in [0, 0.1) is 6.92 Å². The molecular weight excluding hydrogens is 328 g/mol. The molecule has 1 aliphatic heterocycles. The van der Waals surface area contributed by atoms with Crippen molar-refractivity contribution >= 4 is 22.8 Å². The van der Waals surface area contributed by atoms with E-state index >= 15 is 0 Å². The number of nitrogens with two attached hydrogens (primary N) is 2. The van der Waals surface area contributed by atoms with Gasteiger partial charge >= 0.3 is 0 Å². The van der Waals surface area contributed by atoms with Gasteiger partial charge in [-0.25, -0.2) is 4.99 Å². The lowest BCUT2D eigenvalue weighted by Gasteiger charge is -2.16. The van der Waals surface area contributed by atoms with Crippen LogP contribution in [0.2, 0.25) is 0 Å². The molecule has 8 heteroatoms. The molecule has 2 rings (SSSR count). The number of nitrogens with zero attached hydrogens (tertiary/aromatic N) is 2. The first-order chi connectivity index (χ1) is 11.4. The Morgan fingerprint density at radius 1 is 1.29 bits per heavy atom. The van der Waals surface area contributed by atoms with E-state index in [-0.39, 0.29) is 12.5 Å². The Morgan fingerprint density at radius 3 is 2.38 bits per heavy atom. The van der Waals surface area contributed by atoms with Gasteiger partial charge in [-0.3, -0.25) is 4.79 Å². The zero-order chi connectivity index (χ0) is 18.3. The highest BCUT2D eigenvalue weighted by Gasteiger charge is 2.18. The predicted octanol–water partition coefficient (Wildman–Crippen LogP) is 2.05. The molecule has 0 bridgehead atoms. The molecule has 0 unspecified atom stereocenters. The third-order valence-corrected chi connectivity index (χ3v) is 4.18. The maximum atomic E-state index is 11.3. The third kappa shape index (κ3) is 4.82. The number of thioether (sulfide) groups is 1. The number of ether oxygens (including phenoxy) is 2. The van der Waals surface area contributed by atoms with Crippen LogP contribution in [0.15, 0.2) is 33.9 Å². The number of primary amides is 1. The second-order valence-corrected chi connectivity index (χ2v) is 5.79. The number of benzene rings is 1. The summed E-state index contributed by atoms with van der Waals surface area (Å²) in [5.74, 6) is 0.741. The van der Waals surface area contributed by atoms with Gasteiger partial charge in [0, 0.05) is 25.2 Å². The van der Waals surface area contributed by atoms with E-state index in [0.29, 0.717) is 10.9 Å². The zero-order valence-electron chi connectivity index (χ0n) is 14.6. The van der Waals surface area contributed by atoms with Crippen molar-refractivity contribution in [1.29, 1.82) is 0 Å². The van der Waals surface area contributed by atoms with Crippen molar-refractivity contribution in [1.82, 2.24) is 4.90 Å². The Hall–Kier alpha value is -2.35. The lowest BCUT2D eigenvalue weighted by atomic mass is 10.2. The van der Waals surface area contributed by atoms with E-state index in [1.165, 1.54) is 11.8 Å². The Balaban J connectivity index is 0.00000139. The molecule has 0 aliphatic carbocycles. The van der Waals surface area contributed by atoms with Crippen LogP contribution in [-0.4, -0.2) is 36.9 Å². The topological polar surface area (TPSA) is 103 Å². The largest absolute Gasteiger partial charge is 0.454 e. The summed E-state index contributed by atoms with van der Waals surface area (Å²) in [6.07, 6.45) is 1.10. The van der Waals surface area contributed by atoms with E-state index in [4.69, 9.17) is 20.9 Å². The molecule has 24 heavy (non-hydrogen) atoms. The molecule has 0 atom stereocenters. The third-order valence-electron chi connectivity index (χ3n) is 2.88. The van der Waals surface area contributed by atoms with Gasteiger partial charge in [0.2, 0.25) is 6.79 Å². The maximum Gasteiger partial charge on any atom is 0.268 e. The predicted molar refractivity (Wildman–Crippen MR) is 97.1 cm³/mol. The van der Waals surface area contributed by atoms with Crippen LogP contribution in [0.4, 0.5) is 0 Å². The molecule has 132 valence electrons. The van der Waals surface area contributed by atoms with Crippen LogP contribution in [-0.2, 0) is 4.79 Å². The summed E-state index contributed by atoms with van der Waals surface area (Å²) in [5.41, 5.74) is 11.6. The fourth-order valence-electron chi connectivity index (χ4n) is 1.72. The van der Waals surface area contributed by atoms with Gasteiger partial charge in [0.25, 0.3) is 5.91 Å². The number of hydrogen-bond donors (Lipinski definition) is 2. The Labute approximate surface area is 146 Å². The lowest BCUT2D eigenvalue weighted by molar-refractivity contribution is -0.114. The van der Waals surface area contributed by atoms with Gasteiger partial charge in [-0.1, -0.05) is 25.6 Å². The van der Waals surface area contributed by atoms with E-state index in [1.54, 1.807) is 4.90 Å². The highest BCUT2D eigenvalue weighted by atomic mass is 32.2. The number of fused-ring (bicyclic) bond motifs is 1. The SMILES string of the molecule is CC.Cc1cc2c(cc1SC(=N/C(=C/N)C(N)=O)N(C)C)OCO2. The molecule has 0 saturated carbocycles. The average molecular weight is 352 g/mol. The molecule has 4 N–H and O–H groups in total. The summed E-state index contributed by atoms with van der Waals surface area (Å²) in [6.45, 7) is 6.19. The maximum absolute atomic E-state index is 11.3. The number of carbonyl (C=O) groups excluding carboxylic acids is 1. The van der Waals surface area contributed by atoms with Crippen LogP contribution in [0.1, 0.15) is 19.4 Å². The number of rotatable bonds is 3. The number of aliphatic imine (C=N–C) groups is 1. The first-order valence-corrected chi connectivity index (χ1v) is 8.30. The van der Waals surface area contributed by atoms with Crippen LogP contribution < -0.4 is 20.9 Å². The minimum Gasteiger partial charge on any atom is -0.454 e. The minimum absolute atomic E-state index is 0.00889. The lowest BCUT2D eigenvalue weighted by Crippen LogP contribution is -2.22. The standard InChI is InChI=1S/C14H18N4O3S.C2H6/c1-8-4-10-11(21-7-20-10)5-12(8)22-14(18(2)3)17-9(6-15)13(16)19;1-2/h4-6H,7,15H2,1-3H3,(H2,16,19);1-2H3/b9-6+,17-14?;. The molecule has 0 fully saturated rings. The number of carbonyl (C=O) groups is 1. The normalized spacial score (nSPS) is 13.2. The second-order valence-electron chi connectivity index (χ2n) is 4.78. The number of amidine groups is 1. The van der Waals surface area contributed by atoms with Gasteiger partial charge < -0.3 is 25.8 Å². The highest BCUT2D eigenvalue weighted by molar-refractivity contribution is 8.13. The Kier molecular flexibility index (Phi) is 7.44. The van der Waals surface area contributed by atoms with Gasteiger partial charge in [-0.15, -0.1) is 0 Å². The van der Waals surface area contributed by atoms with Crippen molar-refractivity contribution < 1.29 is 14.3 Å². The molecule has 1 aromatic carbocycles. The first-order valence-electron chi connectivity index (χ1n) is 7.48. The average Bonchev–Trinajstić information content (AvgIpc) is 2.99. The van der Waals surface area contributed by atoms with Gasteiger partial charge in [-0.05, 0) is 24.6 Å². The van der Waals surface area contributed by atoms with Crippen molar-refractivity contribution in [3.8, 4) is 11.5 Å². The van der Waals surface area contributed by atoms with Gasteiger partial charge in [0.1, 0.15) is 5.70 Å². The van der Waals surface area contributed by atoms with Crippen LogP contribution in [0.5, 0.6) is 11.5 Å². The van der Waals surface area contributed by atoms with Crippen molar-refractivity contribution in [2.45, 2.75) is 25.7 Å². The smallest absolute Gasteiger partial charge is 0.268 e. The molecule has 0 saturated heterocycles. The molecular formula is C16H24N4O3S. The minimum atomic E-state index is -0.676. The molecule has 1 heterocycles. The molecule has 1 aromatic rings. The van der Waals surface area contributed by atoms with E-state index in [0.717, 1.165) is 22.4 Å². The zero-order valence-corrected chi connectivity index (χ0v) is 15.4. The van der Waals surface area contributed by atoms with Crippen molar-refractivity contribution in [3.63, 3.8) is 0 Å². The Morgan fingerprint density at radius 2 is 1.88 bits per heavy atom. The van der Waals surface area contributed by atoms with Crippen LogP contribution in [0.25, 0.3) is 0 Å². The monoisotopic (exact) mass is 352 g/mol. The van der Waals surface area contributed by atoms with Gasteiger partial charge in [0.15, 0.2) is 16.7 Å².